The summed E-state index contributed by atoms with van der Waals surface area (Å²) in [5.41, 5.74) is 1.92. The number of hydrogen-bond acceptors (Lipinski definition) is 3. The van der Waals surface area contributed by atoms with Crippen molar-refractivity contribution in [3.8, 4) is 0 Å². The van der Waals surface area contributed by atoms with E-state index in [2.05, 4.69) is 5.32 Å². The first-order valence-corrected chi connectivity index (χ1v) is 10.3. The van der Waals surface area contributed by atoms with Gasteiger partial charge in [-0.2, -0.15) is 0 Å². The van der Waals surface area contributed by atoms with Crippen LogP contribution in [0.25, 0.3) is 0 Å². The summed E-state index contributed by atoms with van der Waals surface area (Å²) in [6, 6.07) is 29.7. The van der Waals surface area contributed by atoms with E-state index < -0.39 is 11.5 Å². The number of carbonyl (C=O) groups is 2. The fourth-order valence-electron chi connectivity index (χ4n) is 3.81. The highest BCUT2D eigenvalue weighted by Crippen LogP contribution is 2.37. The predicted octanol–water partition coefficient (Wildman–Crippen LogP) is 4.14. The van der Waals surface area contributed by atoms with Gasteiger partial charge in [0.15, 0.2) is 0 Å². The van der Waals surface area contributed by atoms with Crippen LogP contribution in [0.15, 0.2) is 91.0 Å². The number of benzene rings is 3. The average molecular weight is 417 g/mol. The van der Waals surface area contributed by atoms with Crippen LogP contribution in [-0.4, -0.2) is 31.0 Å². The van der Waals surface area contributed by atoms with Gasteiger partial charge in [-0.1, -0.05) is 97.9 Å². The fourth-order valence-corrected chi connectivity index (χ4v) is 3.81. The normalized spacial score (nSPS) is 12.1. The first-order valence-electron chi connectivity index (χ1n) is 10.3. The van der Waals surface area contributed by atoms with Gasteiger partial charge in [0.25, 0.3) is 0 Å². The summed E-state index contributed by atoms with van der Waals surface area (Å²) in [7, 11) is 2.97. The molecule has 2 amide bonds. The van der Waals surface area contributed by atoms with Crippen molar-refractivity contribution in [2.24, 2.45) is 5.92 Å². The van der Waals surface area contributed by atoms with Crippen molar-refractivity contribution in [2.75, 3.05) is 14.2 Å². The number of hydrogen-bond donors (Lipinski definition) is 1. The largest absolute Gasteiger partial charge is 0.338 e. The SMILES string of the molecule is CON(C)C(=O)[C@@H](C)CC(=O)NC(c1ccccc1)(c1ccccc1)c1ccccc1. The molecule has 0 aliphatic rings. The monoisotopic (exact) mass is 416 g/mol. The van der Waals surface area contributed by atoms with E-state index in [1.54, 1.807) is 14.0 Å². The molecule has 0 aliphatic carbocycles. The zero-order valence-electron chi connectivity index (χ0n) is 18.1. The molecule has 0 bridgehead atoms. The molecule has 0 unspecified atom stereocenters. The van der Waals surface area contributed by atoms with Gasteiger partial charge in [-0.25, -0.2) is 5.06 Å². The van der Waals surface area contributed by atoms with Crippen molar-refractivity contribution >= 4 is 11.8 Å². The maximum atomic E-state index is 13.3. The Balaban J connectivity index is 2.06. The van der Waals surface area contributed by atoms with Crippen LogP contribution in [0.5, 0.6) is 0 Å². The summed E-state index contributed by atoms with van der Waals surface area (Å²) >= 11 is 0. The van der Waals surface area contributed by atoms with Gasteiger partial charge >= 0.3 is 0 Å². The van der Waals surface area contributed by atoms with Crippen LogP contribution in [-0.2, 0) is 20.0 Å². The van der Waals surface area contributed by atoms with E-state index in [4.69, 9.17) is 4.84 Å². The topological polar surface area (TPSA) is 58.6 Å². The van der Waals surface area contributed by atoms with Crippen molar-refractivity contribution in [2.45, 2.75) is 18.9 Å². The number of rotatable bonds is 8. The lowest BCUT2D eigenvalue weighted by Crippen LogP contribution is -2.48. The zero-order chi connectivity index (χ0) is 22.3. The molecular formula is C26H28N2O3. The van der Waals surface area contributed by atoms with Gasteiger partial charge in [0.2, 0.25) is 11.8 Å². The Labute approximate surface area is 183 Å². The molecule has 0 aliphatic heterocycles. The van der Waals surface area contributed by atoms with Gasteiger partial charge in [-0.05, 0) is 16.7 Å². The molecular weight excluding hydrogens is 388 g/mol. The Morgan fingerprint density at radius 3 is 1.58 bits per heavy atom. The van der Waals surface area contributed by atoms with Crippen LogP contribution in [0.4, 0.5) is 0 Å². The van der Waals surface area contributed by atoms with E-state index in [1.165, 1.54) is 7.11 Å². The van der Waals surface area contributed by atoms with E-state index >= 15 is 0 Å². The molecule has 1 N–H and O–H groups in total. The third-order valence-electron chi connectivity index (χ3n) is 5.44. The molecule has 0 heterocycles. The van der Waals surface area contributed by atoms with E-state index in [0.29, 0.717) is 0 Å². The van der Waals surface area contributed by atoms with Crippen LogP contribution < -0.4 is 5.32 Å². The molecule has 1 atom stereocenters. The van der Waals surface area contributed by atoms with Gasteiger partial charge in [-0.3, -0.25) is 14.4 Å². The maximum absolute atomic E-state index is 13.3. The van der Waals surface area contributed by atoms with Crippen LogP contribution in [0.1, 0.15) is 30.0 Å². The summed E-state index contributed by atoms with van der Waals surface area (Å²) in [6.45, 7) is 1.73. The third-order valence-corrected chi connectivity index (χ3v) is 5.44. The van der Waals surface area contributed by atoms with Crippen LogP contribution in [0.3, 0.4) is 0 Å². The quantitative estimate of drug-likeness (QED) is 0.444. The molecule has 0 saturated carbocycles. The molecule has 0 radical (unpaired) electrons. The fraction of sp³-hybridized carbons (Fsp3) is 0.231. The van der Waals surface area contributed by atoms with Crippen LogP contribution in [0, 0.1) is 5.92 Å². The molecule has 5 heteroatoms. The van der Waals surface area contributed by atoms with Crippen molar-refractivity contribution in [1.29, 1.82) is 0 Å². The Hall–Kier alpha value is -3.44. The molecule has 160 valence electrons. The van der Waals surface area contributed by atoms with E-state index in [0.717, 1.165) is 21.8 Å². The van der Waals surface area contributed by atoms with Crippen molar-refractivity contribution in [1.82, 2.24) is 10.4 Å². The van der Waals surface area contributed by atoms with Crippen molar-refractivity contribution in [3.63, 3.8) is 0 Å². The van der Waals surface area contributed by atoms with Crippen LogP contribution >= 0.6 is 0 Å². The lowest BCUT2D eigenvalue weighted by molar-refractivity contribution is -0.173. The molecule has 0 aromatic heterocycles. The smallest absolute Gasteiger partial charge is 0.249 e. The molecule has 0 fully saturated rings. The molecule has 31 heavy (non-hydrogen) atoms. The molecule has 0 spiro atoms. The highest BCUT2D eigenvalue weighted by molar-refractivity contribution is 5.86. The summed E-state index contributed by atoms with van der Waals surface area (Å²) in [6.07, 6.45) is 0.0424. The summed E-state index contributed by atoms with van der Waals surface area (Å²) < 4.78 is 0. The third kappa shape index (κ3) is 4.84. The first kappa shape index (κ1) is 22.2. The zero-order valence-corrected chi connectivity index (χ0v) is 18.1. The van der Waals surface area contributed by atoms with Gasteiger partial charge < -0.3 is 5.32 Å². The van der Waals surface area contributed by atoms with Gasteiger partial charge in [-0.15, -0.1) is 0 Å². The average Bonchev–Trinajstić information content (AvgIpc) is 2.83. The Morgan fingerprint density at radius 1 is 0.839 bits per heavy atom. The Morgan fingerprint density at radius 2 is 1.23 bits per heavy atom. The van der Waals surface area contributed by atoms with Gasteiger partial charge in [0, 0.05) is 19.4 Å². The molecule has 3 aromatic rings. The minimum Gasteiger partial charge on any atom is -0.338 e. The summed E-state index contributed by atoms with van der Waals surface area (Å²) in [5, 5.41) is 4.42. The first-order chi connectivity index (χ1) is 15.0. The Bertz CT molecular complexity index is 894. The van der Waals surface area contributed by atoms with Crippen LogP contribution in [0.2, 0.25) is 0 Å². The molecule has 3 aromatic carbocycles. The standard InChI is InChI=1S/C26H28N2O3/c1-20(25(30)28(2)31-3)19-24(29)27-26(21-13-7-4-8-14-21,22-15-9-5-10-16-22)23-17-11-6-12-18-23/h4-18,20H,19H2,1-3H3,(H,27,29)/t20-/m0/s1. The maximum Gasteiger partial charge on any atom is 0.249 e. The number of amides is 2. The summed E-state index contributed by atoms with van der Waals surface area (Å²) in [4.78, 5) is 30.7. The number of nitrogens with zero attached hydrogens (tertiary/aromatic N) is 1. The second kappa shape index (κ2) is 10.0. The number of nitrogens with one attached hydrogen (secondary N) is 1. The molecule has 3 rings (SSSR count). The van der Waals surface area contributed by atoms with Gasteiger partial charge in [0.1, 0.15) is 5.54 Å². The minimum absolute atomic E-state index is 0.0424. The minimum atomic E-state index is -0.892. The molecule has 5 nitrogen and oxygen atoms in total. The molecule has 0 saturated heterocycles. The number of hydroxylamine groups is 2. The van der Waals surface area contributed by atoms with Crippen molar-refractivity contribution in [3.05, 3.63) is 108 Å². The Kier molecular flexibility index (Phi) is 7.21. The van der Waals surface area contributed by atoms with Gasteiger partial charge in [0.05, 0.1) is 7.11 Å². The lowest BCUT2D eigenvalue weighted by atomic mass is 9.76. The summed E-state index contributed by atoms with van der Waals surface area (Å²) in [5.74, 6) is -0.991. The van der Waals surface area contributed by atoms with E-state index in [1.807, 2.05) is 91.0 Å². The highest BCUT2D eigenvalue weighted by Gasteiger charge is 2.38. The number of carbonyl (C=O) groups excluding carboxylic acids is 2. The predicted molar refractivity (Wildman–Crippen MR) is 121 cm³/mol. The second-order valence-electron chi connectivity index (χ2n) is 7.52. The second-order valence-corrected chi connectivity index (χ2v) is 7.52. The van der Waals surface area contributed by atoms with Crippen molar-refractivity contribution < 1.29 is 14.4 Å². The van der Waals surface area contributed by atoms with E-state index in [-0.39, 0.29) is 18.2 Å². The lowest BCUT2D eigenvalue weighted by Gasteiger charge is -2.37. The highest BCUT2D eigenvalue weighted by atomic mass is 16.7. The van der Waals surface area contributed by atoms with E-state index in [9.17, 15) is 9.59 Å².